The number of hydrogen-bond acceptors (Lipinski definition) is 3. The molecule has 1 aromatic carbocycles. The molecule has 1 aliphatic rings. The summed E-state index contributed by atoms with van der Waals surface area (Å²) in [6, 6.07) is 8.43. The largest absolute Gasteiger partial charge is 0.354 e. The molecular weight excluding hydrogens is 344 g/mol. The van der Waals surface area contributed by atoms with Gasteiger partial charge in [-0.05, 0) is 56.6 Å². The Morgan fingerprint density at radius 1 is 1.38 bits per heavy atom. The number of nitrogens with zero attached hydrogens (tertiary/aromatic N) is 1. The van der Waals surface area contributed by atoms with Gasteiger partial charge in [0.15, 0.2) is 5.96 Å². The number of guanidine groups is 1. The molecule has 6 heteroatoms. The van der Waals surface area contributed by atoms with Crippen LogP contribution in [-0.2, 0) is 6.54 Å². The molecule has 0 spiro atoms. The molecule has 3 unspecified atom stereocenters. The van der Waals surface area contributed by atoms with Crippen LogP contribution in [0.2, 0.25) is 0 Å². The highest BCUT2D eigenvalue weighted by Crippen LogP contribution is 2.28. The summed E-state index contributed by atoms with van der Waals surface area (Å²) in [5.41, 5.74) is 1.77. The van der Waals surface area contributed by atoms with Gasteiger partial charge in [-0.15, -0.1) is 0 Å². The Morgan fingerprint density at radius 2 is 2.19 bits per heavy atom. The van der Waals surface area contributed by atoms with Crippen LogP contribution in [0.5, 0.6) is 0 Å². The second-order valence-corrected chi connectivity index (χ2v) is 8.06. The topological polar surface area (TPSA) is 65.5 Å². The van der Waals surface area contributed by atoms with Crippen molar-refractivity contribution >= 4 is 23.6 Å². The van der Waals surface area contributed by atoms with E-state index in [-0.39, 0.29) is 11.9 Å². The molecule has 1 saturated carbocycles. The highest BCUT2D eigenvalue weighted by atomic mass is 32.2. The van der Waals surface area contributed by atoms with E-state index in [1.807, 2.05) is 43.0 Å². The fourth-order valence-corrected chi connectivity index (χ4v) is 3.89. The highest BCUT2D eigenvalue weighted by molar-refractivity contribution is 7.99. The average molecular weight is 377 g/mol. The number of hydrogen-bond donors (Lipinski definition) is 3. The van der Waals surface area contributed by atoms with Crippen LogP contribution in [-0.4, -0.2) is 42.5 Å². The monoisotopic (exact) mass is 376 g/mol. The Hall–Kier alpha value is -1.69. The molecule has 0 saturated heterocycles. The van der Waals surface area contributed by atoms with Gasteiger partial charge in [0, 0.05) is 36.5 Å². The van der Waals surface area contributed by atoms with Crippen LogP contribution in [0.4, 0.5) is 0 Å². The number of rotatable bonds is 7. The first-order valence-electron chi connectivity index (χ1n) is 9.45. The van der Waals surface area contributed by atoms with Gasteiger partial charge >= 0.3 is 0 Å². The third kappa shape index (κ3) is 6.24. The van der Waals surface area contributed by atoms with Crippen molar-refractivity contribution in [2.75, 3.05) is 13.3 Å². The zero-order chi connectivity index (χ0) is 18.9. The van der Waals surface area contributed by atoms with E-state index in [0.717, 1.165) is 23.2 Å². The maximum absolute atomic E-state index is 12.3. The third-order valence-corrected chi connectivity index (χ3v) is 6.02. The molecule has 0 aromatic heterocycles. The van der Waals surface area contributed by atoms with Crippen LogP contribution in [0.15, 0.2) is 29.3 Å². The van der Waals surface area contributed by atoms with Crippen LogP contribution < -0.4 is 16.0 Å². The second kappa shape index (κ2) is 10.5. The van der Waals surface area contributed by atoms with Crippen molar-refractivity contribution in [2.45, 2.75) is 63.4 Å². The molecule has 26 heavy (non-hydrogen) atoms. The van der Waals surface area contributed by atoms with Crippen molar-refractivity contribution in [3.63, 3.8) is 0 Å². The second-order valence-electron chi connectivity index (χ2n) is 6.92. The number of carbonyl (C=O) groups is 1. The zero-order valence-electron chi connectivity index (χ0n) is 16.3. The number of thioether (sulfide) groups is 1. The van der Waals surface area contributed by atoms with Gasteiger partial charge in [0.05, 0.1) is 0 Å². The quantitative estimate of drug-likeness (QED) is 0.505. The van der Waals surface area contributed by atoms with E-state index >= 15 is 0 Å². The van der Waals surface area contributed by atoms with Crippen molar-refractivity contribution in [2.24, 2.45) is 4.99 Å². The van der Waals surface area contributed by atoms with Crippen molar-refractivity contribution in [1.29, 1.82) is 0 Å². The first-order chi connectivity index (χ1) is 12.5. The lowest BCUT2D eigenvalue weighted by atomic mass is 10.1. The summed E-state index contributed by atoms with van der Waals surface area (Å²) in [6.07, 6.45) is 6.76. The van der Waals surface area contributed by atoms with Crippen molar-refractivity contribution in [3.05, 3.63) is 35.4 Å². The Bertz CT molecular complexity index is 620. The number of nitrogens with one attached hydrogen (secondary N) is 3. The number of amides is 1. The van der Waals surface area contributed by atoms with E-state index in [0.29, 0.717) is 18.2 Å². The van der Waals surface area contributed by atoms with E-state index < -0.39 is 0 Å². The predicted octanol–water partition coefficient (Wildman–Crippen LogP) is 3.16. The lowest BCUT2D eigenvalue weighted by molar-refractivity contribution is 0.0939. The summed E-state index contributed by atoms with van der Waals surface area (Å²) in [4.78, 5) is 16.6. The minimum absolute atomic E-state index is 0.0160. The Kier molecular flexibility index (Phi) is 8.29. The molecule has 0 radical (unpaired) electrons. The van der Waals surface area contributed by atoms with Crippen LogP contribution in [0.25, 0.3) is 0 Å². The van der Waals surface area contributed by atoms with Gasteiger partial charge in [-0.2, -0.15) is 11.8 Å². The minimum atomic E-state index is -0.0160. The van der Waals surface area contributed by atoms with Crippen molar-refractivity contribution in [1.82, 2.24) is 16.0 Å². The van der Waals surface area contributed by atoms with Crippen molar-refractivity contribution < 1.29 is 4.79 Å². The standard InChI is InChI=1S/C20H32N4OS/c1-5-14(2)23-19(25)16-8-6-7-15(11-16)13-22-20(21-3)24-17-9-10-18(12-17)26-4/h6-8,11,14,17-18H,5,9-10,12-13H2,1-4H3,(H,23,25)(H2,21,22,24). The minimum Gasteiger partial charge on any atom is -0.354 e. The van der Waals surface area contributed by atoms with Gasteiger partial charge in [-0.1, -0.05) is 19.1 Å². The summed E-state index contributed by atoms with van der Waals surface area (Å²) in [5.74, 6) is 0.809. The first kappa shape index (κ1) is 20.6. The van der Waals surface area contributed by atoms with Gasteiger partial charge in [0.25, 0.3) is 5.91 Å². The summed E-state index contributed by atoms with van der Waals surface area (Å²) in [7, 11) is 1.80. The van der Waals surface area contributed by atoms with Crippen LogP contribution in [0.3, 0.4) is 0 Å². The molecular formula is C20H32N4OS. The van der Waals surface area contributed by atoms with E-state index in [1.165, 1.54) is 19.3 Å². The number of carbonyl (C=O) groups excluding carboxylic acids is 1. The molecule has 5 nitrogen and oxygen atoms in total. The fraction of sp³-hybridized carbons (Fsp3) is 0.600. The summed E-state index contributed by atoms with van der Waals surface area (Å²) >= 11 is 1.95. The lowest BCUT2D eigenvalue weighted by Gasteiger charge is -2.17. The SMILES string of the molecule is CCC(C)NC(=O)c1cccc(CNC(=NC)NC2CCC(SC)C2)c1. The molecule has 0 heterocycles. The molecule has 3 N–H and O–H groups in total. The molecule has 1 fully saturated rings. The number of aliphatic imine (C=N–C) groups is 1. The normalized spacial score (nSPS) is 21.3. The summed E-state index contributed by atoms with van der Waals surface area (Å²) < 4.78 is 0. The van der Waals surface area contributed by atoms with E-state index in [1.54, 1.807) is 7.05 Å². The van der Waals surface area contributed by atoms with Gasteiger partial charge < -0.3 is 16.0 Å². The van der Waals surface area contributed by atoms with Gasteiger partial charge in [-0.3, -0.25) is 9.79 Å². The van der Waals surface area contributed by atoms with Crippen LogP contribution in [0.1, 0.15) is 55.5 Å². The van der Waals surface area contributed by atoms with Crippen molar-refractivity contribution in [3.8, 4) is 0 Å². The molecule has 1 amide bonds. The third-order valence-electron chi connectivity index (χ3n) is 4.92. The average Bonchev–Trinajstić information content (AvgIpc) is 3.12. The maximum atomic E-state index is 12.3. The Morgan fingerprint density at radius 3 is 2.85 bits per heavy atom. The van der Waals surface area contributed by atoms with E-state index in [2.05, 4.69) is 34.1 Å². The van der Waals surface area contributed by atoms with E-state index in [9.17, 15) is 4.79 Å². The summed E-state index contributed by atoms with van der Waals surface area (Å²) in [6.45, 7) is 4.72. The molecule has 0 bridgehead atoms. The van der Waals surface area contributed by atoms with Gasteiger partial charge in [0.1, 0.15) is 0 Å². The Labute approximate surface area is 161 Å². The smallest absolute Gasteiger partial charge is 0.251 e. The molecule has 2 rings (SSSR count). The highest BCUT2D eigenvalue weighted by Gasteiger charge is 2.24. The predicted molar refractivity (Wildman–Crippen MR) is 112 cm³/mol. The van der Waals surface area contributed by atoms with Gasteiger partial charge in [0.2, 0.25) is 0 Å². The number of benzene rings is 1. The molecule has 1 aliphatic carbocycles. The molecule has 3 atom stereocenters. The lowest BCUT2D eigenvalue weighted by Crippen LogP contribution is -2.42. The molecule has 144 valence electrons. The fourth-order valence-electron chi connectivity index (χ4n) is 3.09. The molecule has 0 aliphatic heterocycles. The Balaban J connectivity index is 1.88. The summed E-state index contributed by atoms with van der Waals surface area (Å²) in [5, 5.41) is 10.6. The van der Waals surface area contributed by atoms with Crippen LogP contribution in [0, 0.1) is 0 Å². The first-order valence-corrected chi connectivity index (χ1v) is 10.7. The maximum Gasteiger partial charge on any atom is 0.251 e. The van der Waals surface area contributed by atoms with Crippen LogP contribution >= 0.6 is 11.8 Å². The van der Waals surface area contributed by atoms with Gasteiger partial charge in [-0.25, -0.2) is 0 Å². The zero-order valence-corrected chi connectivity index (χ0v) is 17.2. The molecule has 1 aromatic rings. The van der Waals surface area contributed by atoms with E-state index in [4.69, 9.17) is 0 Å².